The van der Waals surface area contributed by atoms with Gasteiger partial charge in [-0.15, -0.1) is 0 Å². The van der Waals surface area contributed by atoms with Crippen LogP contribution in [0.1, 0.15) is 30.1 Å². The summed E-state index contributed by atoms with van der Waals surface area (Å²) in [5.41, 5.74) is 0.279. The van der Waals surface area contributed by atoms with Gasteiger partial charge in [-0.05, 0) is 12.5 Å². The molecule has 1 aromatic heterocycles. The molecule has 1 atom stereocenters. The predicted octanol–water partition coefficient (Wildman–Crippen LogP) is 0.825. The van der Waals surface area contributed by atoms with Crippen molar-refractivity contribution in [3.05, 3.63) is 34.2 Å². The average Bonchev–Trinajstić information content (AvgIpc) is 2.53. The van der Waals surface area contributed by atoms with Crippen LogP contribution in [0.15, 0.2) is 23.1 Å². The van der Waals surface area contributed by atoms with E-state index in [9.17, 15) is 14.9 Å². The summed E-state index contributed by atoms with van der Waals surface area (Å²) < 4.78 is 0. The van der Waals surface area contributed by atoms with Crippen molar-refractivity contribution < 1.29 is 4.79 Å². The Morgan fingerprint density at radius 3 is 2.62 bits per heavy atom. The van der Waals surface area contributed by atoms with Gasteiger partial charge in [-0.25, -0.2) is 0 Å². The van der Waals surface area contributed by atoms with E-state index in [-0.39, 0.29) is 17.5 Å². The Kier molecular flexibility index (Phi) is 5.12. The number of nitriles is 1. The van der Waals surface area contributed by atoms with Gasteiger partial charge in [-0.3, -0.25) is 14.5 Å². The summed E-state index contributed by atoms with van der Waals surface area (Å²) in [5.74, 6) is -0.0742. The van der Waals surface area contributed by atoms with Crippen LogP contribution in [0.3, 0.4) is 0 Å². The topological polar surface area (TPSA) is 80.2 Å². The highest BCUT2D eigenvalue weighted by Crippen LogP contribution is 2.12. The summed E-state index contributed by atoms with van der Waals surface area (Å²) in [6.45, 7) is 4.72. The molecule has 2 heterocycles. The maximum absolute atomic E-state index is 12.3. The molecule has 2 rings (SSSR count). The fourth-order valence-electron chi connectivity index (χ4n) is 2.57. The number of H-pyrrole nitrogens is 1. The van der Waals surface area contributed by atoms with Gasteiger partial charge < -0.3 is 9.88 Å². The molecule has 1 saturated heterocycles. The summed E-state index contributed by atoms with van der Waals surface area (Å²) in [6.07, 6.45) is 3.30. The second-order valence-corrected chi connectivity index (χ2v) is 5.20. The summed E-state index contributed by atoms with van der Waals surface area (Å²) in [7, 11) is 0. The number of hydrogen-bond donors (Lipinski definition) is 1. The number of pyridine rings is 1. The maximum Gasteiger partial charge on any atom is 0.255 e. The number of amides is 1. The Hall–Kier alpha value is -2.13. The second kappa shape index (κ2) is 7.04. The van der Waals surface area contributed by atoms with Crippen LogP contribution >= 0.6 is 0 Å². The normalized spacial score (nSPS) is 17.2. The van der Waals surface area contributed by atoms with Gasteiger partial charge in [-0.2, -0.15) is 5.26 Å². The second-order valence-electron chi connectivity index (χ2n) is 5.20. The number of piperazine rings is 1. The van der Waals surface area contributed by atoms with E-state index in [1.807, 2.05) is 0 Å². The number of carbonyl (C=O) groups excluding carboxylic acids is 1. The van der Waals surface area contributed by atoms with Crippen molar-refractivity contribution in [3.8, 4) is 6.07 Å². The van der Waals surface area contributed by atoms with Crippen LogP contribution in [0.4, 0.5) is 0 Å². The van der Waals surface area contributed by atoms with Gasteiger partial charge in [0.15, 0.2) is 0 Å². The molecule has 1 aliphatic rings. The molecular formula is C15H20N4O2. The minimum Gasteiger partial charge on any atom is -0.336 e. The molecule has 0 aliphatic carbocycles. The van der Waals surface area contributed by atoms with Crippen molar-refractivity contribution in [2.24, 2.45) is 0 Å². The van der Waals surface area contributed by atoms with Gasteiger partial charge in [0, 0.05) is 38.4 Å². The number of aromatic amines is 1. The molecule has 1 aromatic rings. The lowest BCUT2D eigenvalue weighted by atomic mass is 10.1. The summed E-state index contributed by atoms with van der Waals surface area (Å²) >= 11 is 0. The zero-order valence-electron chi connectivity index (χ0n) is 12.2. The monoisotopic (exact) mass is 288 g/mol. The lowest BCUT2D eigenvalue weighted by Gasteiger charge is -2.36. The first-order valence-electron chi connectivity index (χ1n) is 7.27. The summed E-state index contributed by atoms with van der Waals surface area (Å²) in [6, 6.07) is 5.18. The van der Waals surface area contributed by atoms with Crippen LogP contribution in [-0.2, 0) is 0 Å². The Morgan fingerprint density at radius 2 is 2.10 bits per heavy atom. The predicted molar refractivity (Wildman–Crippen MR) is 78.8 cm³/mol. The molecule has 1 amide bonds. The van der Waals surface area contributed by atoms with Crippen molar-refractivity contribution in [1.82, 2.24) is 14.8 Å². The van der Waals surface area contributed by atoms with Crippen LogP contribution < -0.4 is 5.56 Å². The Morgan fingerprint density at radius 1 is 1.38 bits per heavy atom. The van der Waals surface area contributed by atoms with Crippen molar-refractivity contribution in [2.45, 2.75) is 25.8 Å². The molecule has 0 aromatic carbocycles. The SMILES string of the molecule is CCCC(C#N)N1CCN(C(=O)c2ccc(=O)[nH]c2)CC1. The van der Waals surface area contributed by atoms with Crippen molar-refractivity contribution in [2.75, 3.05) is 26.2 Å². The largest absolute Gasteiger partial charge is 0.336 e. The van der Waals surface area contributed by atoms with Crippen molar-refractivity contribution in [3.63, 3.8) is 0 Å². The van der Waals surface area contributed by atoms with Gasteiger partial charge in [0.05, 0.1) is 17.7 Å². The lowest BCUT2D eigenvalue weighted by Crippen LogP contribution is -2.51. The lowest BCUT2D eigenvalue weighted by molar-refractivity contribution is 0.0601. The van der Waals surface area contributed by atoms with Gasteiger partial charge in [0.25, 0.3) is 5.91 Å². The maximum atomic E-state index is 12.3. The molecule has 0 spiro atoms. The molecule has 6 heteroatoms. The number of nitrogens with zero attached hydrogens (tertiary/aromatic N) is 3. The standard InChI is InChI=1S/C15H20N4O2/c1-2-3-13(10-16)18-6-8-19(9-7-18)15(21)12-4-5-14(20)17-11-12/h4-5,11,13H,2-3,6-9H2,1H3,(H,17,20). The average molecular weight is 288 g/mol. The highest BCUT2D eigenvalue weighted by atomic mass is 16.2. The van der Waals surface area contributed by atoms with Crippen LogP contribution in [0, 0.1) is 11.3 Å². The molecular weight excluding hydrogens is 268 g/mol. The molecule has 1 N–H and O–H groups in total. The smallest absolute Gasteiger partial charge is 0.255 e. The molecule has 0 radical (unpaired) electrons. The highest BCUT2D eigenvalue weighted by Gasteiger charge is 2.26. The van der Waals surface area contributed by atoms with Crippen LogP contribution in [0.5, 0.6) is 0 Å². The van der Waals surface area contributed by atoms with E-state index in [2.05, 4.69) is 22.9 Å². The van der Waals surface area contributed by atoms with E-state index >= 15 is 0 Å². The number of rotatable bonds is 4. The number of hydrogen-bond acceptors (Lipinski definition) is 4. The van der Waals surface area contributed by atoms with E-state index in [0.29, 0.717) is 31.7 Å². The fourth-order valence-corrected chi connectivity index (χ4v) is 2.57. The van der Waals surface area contributed by atoms with E-state index in [1.54, 1.807) is 11.0 Å². The number of aromatic nitrogens is 1. The molecule has 6 nitrogen and oxygen atoms in total. The molecule has 1 aliphatic heterocycles. The molecule has 0 saturated carbocycles. The molecule has 1 fully saturated rings. The Balaban J connectivity index is 1.94. The third kappa shape index (κ3) is 3.70. The first-order chi connectivity index (χ1) is 10.2. The molecule has 0 bridgehead atoms. The number of carbonyl (C=O) groups is 1. The van der Waals surface area contributed by atoms with Crippen molar-refractivity contribution >= 4 is 5.91 Å². The highest BCUT2D eigenvalue weighted by molar-refractivity contribution is 5.93. The zero-order valence-corrected chi connectivity index (χ0v) is 12.2. The Bertz CT molecular complexity index is 562. The van der Waals surface area contributed by atoms with Crippen molar-refractivity contribution in [1.29, 1.82) is 5.26 Å². The summed E-state index contributed by atoms with van der Waals surface area (Å²) in [5, 5.41) is 9.18. The van der Waals surface area contributed by atoms with Crippen LogP contribution in [0.2, 0.25) is 0 Å². The van der Waals surface area contributed by atoms with Gasteiger partial charge in [0.1, 0.15) is 0 Å². The van der Waals surface area contributed by atoms with E-state index in [0.717, 1.165) is 12.8 Å². The minimum absolute atomic E-state index is 0.0552. The zero-order chi connectivity index (χ0) is 15.2. The molecule has 21 heavy (non-hydrogen) atoms. The quantitative estimate of drug-likeness (QED) is 0.889. The van der Waals surface area contributed by atoms with Gasteiger partial charge >= 0.3 is 0 Å². The van der Waals surface area contributed by atoms with E-state index in [4.69, 9.17) is 0 Å². The first-order valence-corrected chi connectivity index (χ1v) is 7.27. The van der Waals surface area contributed by atoms with Crippen LogP contribution in [-0.4, -0.2) is 52.9 Å². The third-order valence-corrected chi connectivity index (χ3v) is 3.78. The molecule has 112 valence electrons. The van der Waals surface area contributed by atoms with Gasteiger partial charge in [0.2, 0.25) is 5.56 Å². The Labute approximate surface area is 124 Å². The summed E-state index contributed by atoms with van der Waals surface area (Å²) in [4.78, 5) is 29.7. The third-order valence-electron chi connectivity index (χ3n) is 3.78. The van der Waals surface area contributed by atoms with E-state index in [1.165, 1.54) is 12.3 Å². The minimum atomic E-state index is -0.215. The molecule has 1 unspecified atom stereocenters. The first kappa shape index (κ1) is 15.3. The van der Waals surface area contributed by atoms with Crippen LogP contribution in [0.25, 0.3) is 0 Å². The van der Waals surface area contributed by atoms with E-state index < -0.39 is 0 Å². The fraction of sp³-hybridized carbons (Fsp3) is 0.533. The number of nitrogens with one attached hydrogen (secondary N) is 1. The van der Waals surface area contributed by atoms with Gasteiger partial charge in [-0.1, -0.05) is 13.3 Å².